The first-order valence-electron chi connectivity index (χ1n) is 9.48. The van der Waals surface area contributed by atoms with Gasteiger partial charge in [0.15, 0.2) is 17.8 Å². The molecule has 0 aromatic carbocycles. The highest BCUT2D eigenvalue weighted by molar-refractivity contribution is 5.80. The Balaban J connectivity index is 2.24. The molecule has 1 saturated heterocycles. The Morgan fingerprint density at radius 2 is 1.81 bits per heavy atom. The first-order valence-corrected chi connectivity index (χ1v) is 9.48. The van der Waals surface area contributed by atoms with Crippen LogP contribution < -0.4 is 26.5 Å². The van der Waals surface area contributed by atoms with Gasteiger partial charge in [-0.2, -0.15) is 13.2 Å². The van der Waals surface area contributed by atoms with E-state index >= 15 is 0 Å². The number of allylic oxidation sites excluding steroid dienone is 1. The number of nitrogens with zero attached hydrogens (tertiary/aromatic N) is 5. The highest BCUT2D eigenvalue weighted by Gasteiger charge is 2.50. The predicted octanol–water partition coefficient (Wildman–Crippen LogP) is -0.245. The quantitative estimate of drug-likeness (QED) is 0.601. The van der Waals surface area contributed by atoms with Gasteiger partial charge in [-0.15, -0.1) is 18.2 Å². The number of fused-ring (bicyclic) bond motifs is 1. The van der Waals surface area contributed by atoms with Gasteiger partial charge in [-0.25, -0.2) is 9.59 Å². The van der Waals surface area contributed by atoms with Crippen LogP contribution in [-0.4, -0.2) is 65.2 Å². The number of rotatable bonds is 6. The van der Waals surface area contributed by atoms with Crippen LogP contribution in [0.4, 0.5) is 24.7 Å². The fraction of sp³-hybridized carbons (Fsp3) is 0.500. The third-order valence-electron chi connectivity index (χ3n) is 5.01. The molecule has 3 rings (SSSR count). The van der Waals surface area contributed by atoms with E-state index in [0.29, 0.717) is 31.2 Å². The van der Waals surface area contributed by atoms with E-state index in [1.165, 1.54) is 24.1 Å². The van der Waals surface area contributed by atoms with Crippen molar-refractivity contribution in [2.45, 2.75) is 19.0 Å². The molecule has 2 aliphatic heterocycles. The van der Waals surface area contributed by atoms with Crippen LogP contribution >= 0.6 is 0 Å². The second-order valence-corrected chi connectivity index (χ2v) is 6.99. The second kappa shape index (κ2) is 8.59. The summed E-state index contributed by atoms with van der Waals surface area (Å²) in [5.74, 6) is -2.69. The summed E-state index contributed by atoms with van der Waals surface area (Å²) >= 11 is 0. The van der Waals surface area contributed by atoms with Crippen LogP contribution in [0.2, 0.25) is 0 Å². The van der Waals surface area contributed by atoms with E-state index in [0.717, 1.165) is 9.13 Å². The summed E-state index contributed by atoms with van der Waals surface area (Å²) in [4.78, 5) is 45.6. The van der Waals surface area contributed by atoms with Crippen molar-refractivity contribution in [1.29, 1.82) is 0 Å². The zero-order valence-corrected chi connectivity index (χ0v) is 16.9. The standard InChI is InChI=1S/C18H23F3N6O4/c1-4-8-25-12-13(23(3)17(30)26(9-5-2)14(12)28)27(31-15(29)18(19,20)21)16(25)24-10-6-22-7-11-24/h4-5,16,22H,1-2,6-11H2,3H3. The van der Waals surface area contributed by atoms with Crippen molar-refractivity contribution in [3.8, 4) is 0 Å². The van der Waals surface area contributed by atoms with E-state index in [4.69, 9.17) is 4.84 Å². The smallest absolute Gasteiger partial charge is 0.327 e. The number of aromatic nitrogens is 2. The number of hydrogen-bond donors (Lipinski definition) is 1. The lowest BCUT2D eigenvalue weighted by atomic mass is 10.3. The molecule has 0 bridgehead atoms. The van der Waals surface area contributed by atoms with Gasteiger partial charge < -0.3 is 15.1 Å². The van der Waals surface area contributed by atoms with E-state index in [2.05, 4.69) is 18.5 Å². The molecule has 0 spiro atoms. The summed E-state index contributed by atoms with van der Waals surface area (Å²) in [7, 11) is 1.29. The van der Waals surface area contributed by atoms with E-state index in [-0.39, 0.29) is 24.6 Å². The topological polar surface area (TPSA) is 92.0 Å². The summed E-state index contributed by atoms with van der Waals surface area (Å²) < 4.78 is 40.9. The molecule has 13 heteroatoms. The largest absolute Gasteiger partial charge is 0.493 e. The summed E-state index contributed by atoms with van der Waals surface area (Å²) in [6, 6.07) is 0. The van der Waals surface area contributed by atoms with Gasteiger partial charge >= 0.3 is 17.8 Å². The third kappa shape index (κ3) is 3.97. The number of piperazine rings is 1. The van der Waals surface area contributed by atoms with Gasteiger partial charge in [-0.1, -0.05) is 12.2 Å². The van der Waals surface area contributed by atoms with E-state index in [9.17, 15) is 27.6 Å². The van der Waals surface area contributed by atoms with Crippen molar-refractivity contribution >= 4 is 17.5 Å². The average Bonchev–Trinajstić information content (AvgIpc) is 3.03. The molecule has 0 aliphatic carbocycles. The number of anilines is 2. The van der Waals surface area contributed by atoms with E-state index < -0.39 is 29.7 Å². The Labute approximate surface area is 175 Å². The highest BCUT2D eigenvalue weighted by atomic mass is 19.4. The van der Waals surface area contributed by atoms with Gasteiger partial charge in [0.05, 0.1) is 0 Å². The van der Waals surface area contributed by atoms with Gasteiger partial charge in [0.2, 0.25) is 0 Å². The maximum Gasteiger partial charge on any atom is 0.493 e. The van der Waals surface area contributed by atoms with Gasteiger partial charge in [0.25, 0.3) is 5.56 Å². The summed E-state index contributed by atoms with van der Waals surface area (Å²) in [6.07, 6.45) is -3.51. The normalized spacial score (nSPS) is 19.3. The van der Waals surface area contributed by atoms with Crippen molar-refractivity contribution in [3.05, 3.63) is 46.1 Å². The van der Waals surface area contributed by atoms with Crippen molar-refractivity contribution in [3.63, 3.8) is 0 Å². The van der Waals surface area contributed by atoms with Crippen molar-refractivity contribution in [2.75, 3.05) is 42.7 Å². The molecule has 3 heterocycles. The van der Waals surface area contributed by atoms with Crippen LogP contribution in [0, 0.1) is 0 Å². The molecular formula is C18H23F3N6O4. The fourth-order valence-corrected chi connectivity index (χ4v) is 3.70. The molecule has 1 atom stereocenters. The van der Waals surface area contributed by atoms with E-state index in [1.54, 1.807) is 4.90 Å². The number of carbonyl (C=O) groups excluding carboxylic acids is 1. The van der Waals surface area contributed by atoms with Crippen LogP contribution in [0.25, 0.3) is 0 Å². The molecule has 2 aliphatic rings. The van der Waals surface area contributed by atoms with E-state index in [1.807, 2.05) is 0 Å². The molecule has 0 amide bonds. The highest BCUT2D eigenvalue weighted by Crippen LogP contribution is 2.38. The minimum Gasteiger partial charge on any atom is -0.327 e. The van der Waals surface area contributed by atoms with Crippen LogP contribution in [-0.2, 0) is 23.2 Å². The van der Waals surface area contributed by atoms with Crippen LogP contribution in [0.15, 0.2) is 34.9 Å². The predicted molar refractivity (Wildman–Crippen MR) is 107 cm³/mol. The lowest BCUT2D eigenvalue weighted by Crippen LogP contribution is -2.61. The second-order valence-electron chi connectivity index (χ2n) is 6.99. The van der Waals surface area contributed by atoms with Gasteiger partial charge in [-0.3, -0.25) is 18.8 Å². The molecule has 1 unspecified atom stereocenters. The van der Waals surface area contributed by atoms with Crippen molar-refractivity contribution in [1.82, 2.24) is 19.4 Å². The Hall–Kier alpha value is -3.06. The molecule has 31 heavy (non-hydrogen) atoms. The average molecular weight is 444 g/mol. The molecule has 1 aromatic rings. The van der Waals surface area contributed by atoms with Crippen LogP contribution in [0.5, 0.6) is 0 Å². The maximum atomic E-state index is 13.2. The molecule has 0 saturated carbocycles. The number of carbonyl (C=O) groups is 1. The van der Waals surface area contributed by atoms with Gasteiger partial charge in [0, 0.05) is 46.3 Å². The maximum absolute atomic E-state index is 13.2. The zero-order valence-electron chi connectivity index (χ0n) is 16.9. The molecule has 0 radical (unpaired) electrons. The molecule has 1 aromatic heterocycles. The number of hydrogen-bond acceptors (Lipinski definition) is 8. The first-order chi connectivity index (χ1) is 14.6. The van der Waals surface area contributed by atoms with Crippen molar-refractivity contribution < 1.29 is 22.8 Å². The fourth-order valence-electron chi connectivity index (χ4n) is 3.70. The SMILES string of the molecule is C=CCN1c2c(n(C)c(=O)n(CC=C)c2=O)N(OC(=O)C(F)(F)F)C1N1CCNCC1. The first kappa shape index (κ1) is 22.6. The van der Waals surface area contributed by atoms with Gasteiger partial charge in [-0.05, 0) is 0 Å². The summed E-state index contributed by atoms with van der Waals surface area (Å²) in [5, 5.41) is 3.82. The minimum atomic E-state index is -5.27. The van der Waals surface area contributed by atoms with Crippen molar-refractivity contribution in [2.24, 2.45) is 7.05 Å². The number of hydroxylamine groups is 1. The Morgan fingerprint density at radius 3 is 2.35 bits per heavy atom. The Kier molecular flexibility index (Phi) is 6.27. The summed E-state index contributed by atoms with van der Waals surface area (Å²) in [6.45, 7) is 9.03. The number of alkyl halides is 3. The molecule has 10 nitrogen and oxygen atoms in total. The van der Waals surface area contributed by atoms with Crippen LogP contribution in [0.1, 0.15) is 0 Å². The molecule has 1 fully saturated rings. The molecular weight excluding hydrogens is 421 g/mol. The third-order valence-corrected chi connectivity index (χ3v) is 5.01. The lowest BCUT2D eigenvalue weighted by molar-refractivity contribution is -0.203. The molecule has 170 valence electrons. The zero-order chi connectivity index (χ0) is 22.9. The monoisotopic (exact) mass is 444 g/mol. The Bertz CT molecular complexity index is 996. The lowest BCUT2D eigenvalue weighted by Gasteiger charge is -2.40. The van der Waals surface area contributed by atoms with Crippen LogP contribution in [0.3, 0.4) is 0 Å². The number of halogens is 3. The number of nitrogens with one attached hydrogen (secondary N) is 1. The Morgan fingerprint density at radius 1 is 1.19 bits per heavy atom. The van der Waals surface area contributed by atoms with Gasteiger partial charge in [0.1, 0.15) is 0 Å². The molecule has 1 N–H and O–H groups in total. The summed E-state index contributed by atoms with van der Waals surface area (Å²) in [5.41, 5.74) is -1.58. The minimum absolute atomic E-state index is 0.0587.